The van der Waals surface area contributed by atoms with Crippen molar-refractivity contribution < 1.29 is 4.79 Å². The van der Waals surface area contributed by atoms with Crippen molar-refractivity contribution in [1.82, 2.24) is 9.13 Å². The molecule has 52 heavy (non-hydrogen) atoms. The SMILES string of the molecule is O=C(c1ccc(-n2c3ccccc3c3ccc4c(-c5ccccc5)c(-c5ccccc5)n(-c5ccccc5)c4c32)cc1)c1ccc2ccccc2c1. The number of hydrogen-bond acceptors (Lipinski definition) is 1. The molecule has 0 fully saturated rings. The zero-order valence-electron chi connectivity index (χ0n) is 28.3. The lowest BCUT2D eigenvalue weighted by molar-refractivity contribution is 0.103. The highest BCUT2D eigenvalue weighted by Gasteiger charge is 2.26. The van der Waals surface area contributed by atoms with E-state index in [-0.39, 0.29) is 5.78 Å². The van der Waals surface area contributed by atoms with E-state index in [1.165, 1.54) is 27.3 Å². The number of benzene rings is 8. The van der Waals surface area contributed by atoms with Crippen LogP contribution in [0.15, 0.2) is 194 Å². The van der Waals surface area contributed by atoms with Crippen LogP contribution in [-0.4, -0.2) is 14.9 Å². The van der Waals surface area contributed by atoms with E-state index >= 15 is 0 Å². The molecule has 3 heteroatoms. The van der Waals surface area contributed by atoms with Crippen LogP contribution in [0.4, 0.5) is 0 Å². The number of carbonyl (C=O) groups is 1. The van der Waals surface area contributed by atoms with E-state index in [1.54, 1.807) is 0 Å². The van der Waals surface area contributed by atoms with Crippen molar-refractivity contribution in [2.45, 2.75) is 0 Å². The fourth-order valence-electron chi connectivity index (χ4n) is 7.95. The summed E-state index contributed by atoms with van der Waals surface area (Å²) in [5.74, 6) is 0.0138. The molecule has 2 heterocycles. The van der Waals surface area contributed by atoms with Crippen molar-refractivity contribution in [3.63, 3.8) is 0 Å². The Morgan fingerprint density at radius 3 is 1.69 bits per heavy atom. The molecule has 0 saturated carbocycles. The Hall–Kier alpha value is -6.97. The van der Waals surface area contributed by atoms with Gasteiger partial charge in [-0.3, -0.25) is 4.79 Å². The van der Waals surface area contributed by atoms with Gasteiger partial charge in [0, 0.05) is 44.2 Å². The van der Waals surface area contributed by atoms with E-state index in [0.29, 0.717) is 11.1 Å². The molecule has 2 aromatic heterocycles. The van der Waals surface area contributed by atoms with Crippen LogP contribution in [-0.2, 0) is 0 Å². The topological polar surface area (TPSA) is 26.9 Å². The third-order valence-corrected chi connectivity index (χ3v) is 10.3. The van der Waals surface area contributed by atoms with Gasteiger partial charge in [-0.25, -0.2) is 0 Å². The highest BCUT2D eigenvalue weighted by Crippen LogP contribution is 2.47. The Morgan fingerprint density at radius 1 is 0.385 bits per heavy atom. The molecule has 0 unspecified atom stereocenters. The lowest BCUT2D eigenvalue weighted by Crippen LogP contribution is -2.03. The second-order valence-corrected chi connectivity index (χ2v) is 13.3. The number of fused-ring (bicyclic) bond motifs is 6. The minimum Gasteiger partial charge on any atom is -0.307 e. The summed E-state index contributed by atoms with van der Waals surface area (Å²) in [6.07, 6.45) is 0. The quantitative estimate of drug-likeness (QED) is 0.163. The van der Waals surface area contributed by atoms with Gasteiger partial charge in [-0.15, -0.1) is 0 Å². The second-order valence-electron chi connectivity index (χ2n) is 13.3. The molecular formula is C49H32N2O. The van der Waals surface area contributed by atoms with Crippen LogP contribution in [0, 0.1) is 0 Å². The van der Waals surface area contributed by atoms with Gasteiger partial charge in [-0.05, 0) is 70.4 Å². The molecule has 0 saturated heterocycles. The number of hydrogen-bond donors (Lipinski definition) is 0. The minimum absolute atomic E-state index is 0.0138. The first-order valence-electron chi connectivity index (χ1n) is 17.7. The molecular weight excluding hydrogens is 633 g/mol. The maximum atomic E-state index is 13.8. The van der Waals surface area contributed by atoms with Gasteiger partial charge in [0.15, 0.2) is 5.78 Å². The molecule has 0 aliphatic rings. The third kappa shape index (κ3) is 4.71. The number of ketones is 1. The van der Waals surface area contributed by atoms with Gasteiger partial charge in [0.25, 0.3) is 0 Å². The number of aromatic nitrogens is 2. The Bertz CT molecular complexity index is 2940. The van der Waals surface area contributed by atoms with Gasteiger partial charge < -0.3 is 9.13 Å². The highest BCUT2D eigenvalue weighted by atomic mass is 16.1. The van der Waals surface area contributed by atoms with E-state index in [1.807, 2.05) is 42.5 Å². The van der Waals surface area contributed by atoms with Crippen molar-refractivity contribution >= 4 is 49.3 Å². The van der Waals surface area contributed by atoms with Gasteiger partial charge in [0.2, 0.25) is 0 Å². The van der Waals surface area contributed by atoms with E-state index in [2.05, 4.69) is 161 Å². The molecule has 0 bridgehead atoms. The fourth-order valence-corrected chi connectivity index (χ4v) is 7.95. The molecule has 10 aromatic rings. The zero-order valence-corrected chi connectivity index (χ0v) is 28.3. The van der Waals surface area contributed by atoms with Crippen LogP contribution in [0.1, 0.15) is 15.9 Å². The molecule has 0 N–H and O–H groups in total. The van der Waals surface area contributed by atoms with Crippen LogP contribution in [0.5, 0.6) is 0 Å². The van der Waals surface area contributed by atoms with E-state index in [9.17, 15) is 4.79 Å². The number of carbonyl (C=O) groups excluding carboxylic acids is 1. The first-order valence-corrected chi connectivity index (χ1v) is 17.7. The maximum absolute atomic E-state index is 13.8. The van der Waals surface area contributed by atoms with Gasteiger partial charge in [0.05, 0.1) is 22.2 Å². The lowest BCUT2D eigenvalue weighted by Gasteiger charge is -2.15. The number of para-hydroxylation sites is 2. The van der Waals surface area contributed by atoms with Crippen LogP contribution >= 0.6 is 0 Å². The predicted molar refractivity (Wildman–Crippen MR) is 216 cm³/mol. The van der Waals surface area contributed by atoms with E-state index in [0.717, 1.165) is 50.0 Å². The highest BCUT2D eigenvalue weighted by molar-refractivity contribution is 6.22. The average molecular weight is 665 g/mol. The summed E-state index contributed by atoms with van der Waals surface area (Å²) < 4.78 is 4.82. The molecule has 0 radical (unpaired) electrons. The van der Waals surface area contributed by atoms with Crippen molar-refractivity contribution in [3.05, 3.63) is 205 Å². The van der Waals surface area contributed by atoms with Crippen LogP contribution in [0.3, 0.4) is 0 Å². The largest absolute Gasteiger partial charge is 0.307 e. The first kappa shape index (κ1) is 29.9. The van der Waals surface area contributed by atoms with Crippen molar-refractivity contribution in [3.8, 4) is 33.8 Å². The van der Waals surface area contributed by atoms with Crippen LogP contribution < -0.4 is 0 Å². The lowest BCUT2D eigenvalue weighted by atomic mass is 9.98. The molecule has 0 aliphatic heterocycles. The molecule has 8 aromatic carbocycles. The summed E-state index contributed by atoms with van der Waals surface area (Å²) in [6, 6.07) is 67.5. The first-order chi connectivity index (χ1) is 25.7. The van der Waals surface area contributed by atoms with E-state index < -0.39 is 0 Å². The number of rotatable bonds is 6. The van der Waals surface area contributed by atoms with E-state index in [4.69, 9.17) is 0 Å². The normalized spacial score (nSPS) is 11.5. The van der Waals surface area contributed by atoms with Gasteiger partial charge >= 0.3 is 0 Å². The van der Waals surface area contributed by atoms with Crippen molar-refractivity contribution in [2.75, 3.05) is 0 Å². The monoisotopic (exact) mass is 664 g/mol. The van der Waals surface area contributed by atoms with Gasteiger partial charge in [-0.1, -0.05) is 146 Å². The summed E-state index contributed by atoms with van der Waals surface area (Å²) in [4.78, 5) is 13.8. The summed E-state index contributed by atoms with van der Waals surface area (Å²) in [6.45, 7) is 0. The Kier molecular flexibility index (Phi) is 6.97. The average Bonchev–Trinajstić information content (AvgIpc) is 3.75. The van der Waals surface area contributed by atoms with Crippen LogP contribution in [0.25, 0.3) is 77.2 Å². The molecule has 0 spiro atoms. The Labute approximate surface area is 301 Å². The number of nitrogens with zero attached hydrogens (tertiary/aromatic N) is 2. The molecule has 3 nitrogen and oxygen atoms in total. The van der Waals surface area contributed by atoms with Crippen molar-refractivity contribution in [2.24, 2.45) is 0 Å². The Balaban J connectivity index is 1.27. The maximum Gasteiger partial charge on any atom is 0.193 e. The standard InChI is InChI=1S/C49H32N2O/c52-49(38-25-24-33-14-10-11-19-37(33)32-38)36-26-28-40(29-27-36)50-44-23-13-12-22-41(44)42-30-31-43-45(34-15-4-1-5-16-34)46(35-17-6-2-7-18-35)51(48(43)47(42)50)39-20-8-3-9-21-39/h1-32H. The van der Waals surface area contributed by atoms with Crippen LogP contribution in [0.2, 0.25) is 0 Å². The Morgan fingerprint density at radius 2 is 0.942 bits per heavy atom. The summed E-state index contributed by atoms with van der Waals surface area (Å²) >= 11 is 0. The third-order valence-electron chi connectivity index (χ3n) is 10.3. The predicted octanol–water partition coefficient (Wildman–Crippen LogP) is 12.4. The van der Waals surface area contributed by atoms with Gasteiger partial charge in [-0.2, -0.15) is 0 Å². The smallest absolute Gasteiger partial charge is 0.193 e. The molecule has 10 rings (SSSR count). The molecule has 0 amide bonds. The molecule has 244 valence electrons. The minimum atomic E-state index is 0.0138. The molecule has 0 aliphatic carbocycles. The van der Waals surface area contributed by atoms with Crippen molar-refractivity contribution in [1.29, 1.82) is 0 Å². The molecule has 0 atom stereocenters. The summed E-state index contributed by atoms with van der Waals surface area (Å²) in [5, 5.41) is 5.71. The fraction of sp³-hybridized carbons (Fsp3) is 0. The van der Waals surface area contributed by atoms with Gasteiger partial charge in [0.1, 0.15) is 0 Å². The summed E-state index contributed by atoms with van der Waals surface area (Å²) in [5.41, 5.74) is 11.5. The summed E-state index contributed by atoms with van der Waals surface area (Å²) in [7, 11) is 0. The zero-order chi connectivity index (χ0) is 34.6. The second kappa shape index (κ2) is 12.1.